The van der Waals surface area contributed by atoms with Crippen LogP contribution < -0.4 is 0 Å². The number of hydrogen-bond acceptors (Lipinski definition) is 1. The first-order chi connectivity index (χ1) is 3.66. The Kier molecular flexibility index (Phi) is 3.12. The van der Waals surface area contributed by atoms with E-state index in [2.05, 4.69) is 11.6 Å². The first-order valence-electron chi connectivity index (χ1n) is 2.08. The molecule has 3 heteroatoms. The van der Waals surface area contributed by atoms with E-state index in [4.69, 9.17) is 17.0 Å². The second-order valence-electron chi connectivity index (χ2n) is 1.25. The minimum Gasteiger partial charge on any atom is -0.272 e. The molecule has 0 spiro atoms. The van der Waals surface area contributed by atoms with Gasteiger partial charge in [0.15, 0.2) is 0 Å². The Morgan fingerprint density at radius 2 is 2.38 bits per heavy atom. The molecule has 0 aromatic heterocycles. The standard InChI is InChI=1S/C5H7ClN2/c1-3-4(2)8-5(6)7/h3,7H,1H2,2H3/b7-5?,8-4+. The van der Waals surface area contributed by atoms with Gasteiger partial charge in [-0.1, -0.05) is 6.58 Å². The van der Waals surface area contributed by atoms with Crippen LogP contribution in [-0.2, 0) is 0 Å². The van der Waals surface area contributed by atoms with E-state index in [0.717, 1.165) is 0 Å². The fourth-order valence-corrected chi connectivity index (χ4v) is 0.334. The highest BCUT2D eigenvalue weighted by Gasteiger charge is 1.82. The quantitative estimate of drug-likeness (QED) is 0.319. The molecule has 0 heterocycles. The van der Waals surface area contributed by atoms with Gasteiger partial charge in [-0.3, -0.25) is 5.41 Å². The molecule has 0 saturated heterocycles. The van der Waals surface area contributed by atoms with Gasteiger partial charge in [-0.05, 0) is 24.6 Å². The Morgan fingerprint density at radius 1 is 1.88 bits per heavy atom. The average Bonchev–Trinajstić information content (AvgIpc) is 1.65. The van der Waals surface area contributed by atoms with Gasteiger partial charge in [0.25, 0.3) is 0 Å². The number of nitrogens with zero attached hydrogens (tertiary/aromatic N) is 1. The molecule has 0 aliphatic carbocycles. The van der Waals surface area contributed by atoms with Gasteiger partial charge in [-0.25, -0.2) is 4.99 Å². The van der Waals surface area contributed by atoms with Crippen LogP contribution in [0, 0.1) is 5.41 Å². The summed E-state index contributed by atoms with van der Waals surface area (Å²) in [4.78, 5) is 3.54. The Hall–Kier alpha value is -0.630. The van der Waals surface area contributed by atoms with E-state index in [1.807, 2.05) is 0 Å². The van der Waals surface area contributed by atoms with Gasteiger partial charge in [0.2, 0.25) is 5.29 Å². The molecule has 0 atom stereocenters. The molecule has 0 saturated carbocycles. The molecule has 44 valence electrons. The van der Waals surface area contributed by atoms with Crippen molar-refractivity contribution in [3.8, 4) is 0 Å². The van der Waals surface area contributed by atoms with E-state index in [1.165, 1.54) is 6.08 Å². The molecule has 0 aromatic rings. The van der Waals surface area contributed by atoms with Gasteiger partial charge in [-0.2, -0.15) is 0 Å². The number of allylic oxidation sites excluding steroid dienone is 1. The monoisotopic (exact) mass is 130 g/mol. The average molecular weight is 131 g/mol. The van der Waals surface area contributed by atoms with Crippen LogP contribution in [0.25, 0.3) is 0 Å². The molecule has 0 aliphatic rings. The van der Waals surface area contributed by atoms with E-state index in [0.29, 0.717) is 5.71 Å². The maximum Gasteiger partial charge on any atom is 0.215 e. The molecule has 2 nitrogen and oxygen atoms in total. The van der Waals surface area contributed by atoms with Crippen LogP contribution in [0.15, 0.2) is 17.6 Å². The van der Waals surface area contributed by atoms with Gasteiger partial charge < -0.3 is 0 Å². The summed E-state index contributed by atoms with van der Waals surface area (Å²) in [6.07, 6.45) is 1.54. The molecule has 8 heavy (non-hydrogen) atoms. The predicted octanol–water partition coefficient (Wildman–Crippen LogP) is 1.81. The van der Waals surface area contributed by atoms with Crippen molar-refractivity contribution in [2.75, 3.05) is 0 Å². The van der Waals surface area contributed by atoms with Gasteiger partial charge in [-0.15, -0.1) is 0 Å². The molecule has 0 aliphatic heterocycles. The maximum absolute atomic E-state index is 6.66. The molecular weight excluding hydrogens is 124 g/mol. The highest BCUT2D eigenvalue weighted by atomic mass is 35.5. The minimum absolute atomic E-state index is 0.206. The van der Waals surface area contributed by atoms with Crippen LogP contribution in [-0.4, -0.2) is 11.0 Å². The molecule has 0 bridgehead atoms. The predicted molar refractivity (Wildman–Crippen MR) is 36.9 cm³/mol. The van der Waals surface area contributed by atoms with Crippen molar-refractivity contribution in [2.45, 2.75) is 6.92 Å². The van der Waals surface area contributed by atoms with Crippen molar-refractivity contribution < 1.29 is 0 Å². The molecule has 0 aromatic carbocycles. The highest BCUT2D eigenvalue weighted by Crippen LogP contribution is 1.84. The maximum atomic E-state index is 6.66. The molecule has 0 fully saturated rings. The third kappa shape index (κ3) is 3.56. The van der Waals surface area contributed by atoms with Crippen molar-refractivity contribution in [1.29, 1.82) is 5.41 Å². The minimum atomic E-state index is -0.206. The zero-order valence-electron chi connectivity index (χ0n) is 4.61. The number of hydrogen-bond donors (Lipinski definition) is 1. The summed E-state index contributed by atoms with van der Waals surface area (Å²) in [6, 6.07) is 0. The summed E-state index contributed by atoms with van der Waals surface area (Å²) in [5, 5.41) is 6.45. The second kappa shape index (κ2) is 3.38. The molecule has 1 N–H and O–H groups in total. The van der Waals surface area contributed by atoms with Crippen LogP contribution in [0.5, 0.6) is 0 Å². The van der Waals surface area contributed by atoms with Crippen LogP contribution in [0.3, 0.4) is 0 Å². The van der Waals surface area contributed by atoms with Crippen LogP contribution in [0.1, 0.15) is 6.92 Å². The van der Waals surface area contributed by atoms with E-state index in [1.54, 1.807) is 6.92 Å². The lowest BCUT2D eigenvalue weighted by Crippen LogP contribution is -1.86. The van der Waals surface area contributed by atoms with E-state index in [9.17, 15) is 0 Å². The first kappa shape index (κ1) is 7.37. The van der Waals surface area contributed by atoms with Crippen LogP contribution in [0.4, 0.5) is 0 Å². The number of halogens is 1. The number of rotatable bonds is 1. The zero-order valence-corrected chi connectivity index (χ0v) is 5.37. The van der Waals surface area contributed by atoms with Gasteiger partial charge in [0, 0.05) is 5.71 Å². The van der Waals surface area contributed by atoms with Crippen LogP contribution in [0.2, 0.25) is 0 Å². The summed E-state index contributed by atoms with van der Waals surface area (Å²) in [7, 11) is 0. The van der Waals surface area contributed by atoms with Crippen molar-refractivity contribution in [3.05, 3.63) is 12.7 Å². The summed E-state index contributed by atoms with van der Waals surface area (Å²) >= 11 is 5.10. The Bertz CT molecular complexity index is 137. The van der Waals surface area contributed by atoms with Crippen molar-refractivity contribution >= 4 is 22.6 Å². The summed E-state index contributed by atoms with van der Waals surface area (Å²) in [5.41, 5.74) is 0.657. The lowest BCUT2D eigenvalue weighted by Gasteiger charge is -1.83. The third-order valence-electron chi connectivity index (χ3n) is 0.570. The fourth-order valence-electron chi connectivity index (χ4n) is 0.200. The lowest BCUT2D eigenvalue weighted by molar-refractivity contribution is 1.49. The summed E-state index contributed by atoms with van der Waals surface area (Å²) < 4.78 is 0. The number of amidine groups is 1. The second-order valence-corrected chi connectivity index (χ2v) is 1.61. The van der Waals surface area contributed by atoms with Crippen molar-refractivity contribution in [2.24, 2.45) is 4.99 Å². The first-order valence-corrected chi connectivity index (χ1v) is 2.46. The molecule has 0 rings (SSSR count). The highest BCUT2D eigenvalue weighted by molar-refractivity contribution is 6.64. The third-order valence-corrected chi connectivity index (χ3v) is 0.654. The van der Waals surface area contributed by atoms with E-state index in [-0.39, 0.29) is 5.29 Å². The fraction of sp³-hybridized carbons (Fsp3) is 0.200. The largest absolute Gasteiger partial charge is 0.272 e. The van der Waals surface area contributed by atoms with Crippen molar-refractivity contribution in [3.63, 3.8) is 0 Å². The van der Waals surface area contributed by atoms with E-state index < -0.39 is 0 Å². The summed E-state index contributed by atoms with van der Waals surface area (Å²) in [5.74, 6) is 0. The Morgan fingerprint density at radius 3 is 2.50 bits per heavy atom. The number of aliphatic imine (C=N–C) groups is 1. The Labute approximate surface area is 53.4 Å². The summed E-state index contributed by atoms with van der Waals surface area (Å²) in [6.45, 7) is 5.15. The number of nitrogens with one attached hydrogen (secondary N) is 1. The zero-order chi connectivity index (χ0) is 6.57. The van der Waals surface area contributed by atoms with Gasteiger partial charge >= 0.3 is 0 Å². The van der Waals surface area contributed by atoms with Crippen molar-refractivity contribution in [1.82, 2.24) is 0 Å². The topological polar surface area (TPSA) is 36.2 Å². The molecule has 0 radical (unpaired) electrons. The SMILES string of the molecule is C=C/C(C)=N/C(=N)Cl. The normalized spacial score (nSPS) is 11.0. The van der Waals surface area contributed by atoms with Gasteiger partial charge in [0.1, 0.15) is 0 Å². The lowest BCUT2D eigenvalue weighted by atomic mass is 10.4. The van der Waals surface area contributed by atoms with E-state index >= 15 is 0 Å². The smallest absolute Gasteiger partial charge is 0.215 e. The Balaban J connectivity index is 3.94. The molecule has 0 amide bonds. The molecule has 0 unspecified atom stereocenters. The van der Waals surface area contributed by atoms with Crippen LogP contribution >= 0.6 is 11.6 Å². The van der Waals surface area contributed by atoms with Gasteiger partial charge in [0.05, 0.1) is 0 Å². The molecular formula is C5H7ClN2.